The van der Waals surface area contributed by atoms with Crippen LogP contribution in [0.1, 0.15) is 6.92 Å². The van der Waals surface area contributed by atoms with Gasteiger partial charge in [-0.3, -0.25) is 5.41 Å². The smallest absolute Gasteiger partial charge is 0.235 e. The summed E-state index contributed by atoms with van der Waals surface area (Å²) < 4.78 is 8.66. The van der Waals surface area contributed by atoms with Crippen LogP contribution in [0.25, 0.3) is 0 Å². The fraction of sp³-hybridized carbons (Fsp3) is 0.200. The topological polar surface area (TPSA) is 62.0 Å². The van der Waals surface area contributed by atoms with Crippen LogP contribution in [0.3, 0.4) is 0 Å². The second kappa shape index (κ2) is 6.97. The van der Waals surface area contributed by atoms with Crippen molar-refractivity contribution in [3.05, 3.63) is 5.28 Å². The van der Waals surface area contributed by atoms with Crippen LogP contribution in [0.5, 0.6) is 0 Å². The van der Waals surface area contributed by atoms with Gasteiger partial charge in [0.1, 0.15) is 5.17 Å². The van der Waals surface area contributed by atoms with E-state index in [-0.39, 0.29) is 5.28 Å². The van der Waals surface area contributed by atoms with Crippen molar-refractivity contribution in [3.63, 3.8) is 0 Å². The number of halogens is 2. The standard InChI is InChI=1S/C5H4Cl2N4S4/c1-2(6)10-12-4(8)14-15-5-9-3(7)11-13-5/h8H,1H3. The summed E-state index contributed by atoms with van der Waals surface area (Å²) in [5.74, 6) is 0. The normalized spacial score (nSPS) is 11.8. The van der Waals surface area contributed by atoms with Crippen molar-refractivity contribution in [1.29, 1.82) is 5.41 Å². The van der Waals surface area contributed by atoms with Gasteiger partial charge < -0.3 is 0 Å². The Kier molecular flexibility index (Phi) is 6.32. The van der Waals surface area contributed by atoms with E-state index < -0.39 is 0 Å². The fourth-order valence-electron chi connectivity index (χ4n) is 0.420. The fourth-order valence-corrected chi connectivity index (χ4v) is 3.79. The molecule has 0 bridgehead atoms. The number of hydrogen-bond donors (Lipinski definition) is 1. The summed E-state index contributed by atoms with van der Waals surface area (Å²) >= 11 is 13.3. The third-order valence-electron chi connectivity index (χ3n) is 0.826. The first-order valence-electron chi connectivity index (χ1n) is 3.37. The van der Waals surface area contributed by atoms with Crippen LogP contribution in [0, 0.1) is 5.41 Å². The lowest BCUT2D eigenvalue weighted by Crippen LogP contribution is -1.78. The molecule has 0 unspecified atom stereocenters. The summed E-state index contributed by atoms with van der Waals surface area (Å²) in [6.07, 6.45) is 0. The SMILES string of the molecule is CC(Cl)=NSC(=N)SSc1nc(Cl)ns1. The maximum atomic E-state index is 7.50. The highest BCUT2D eigenvalue weighted by Gasteiger charge is 2.05. The minimum Gasteiger partial charge on any atom is -0.286 e. The van der Waals surface area contributed by atoms with E-state index in [1.807, 2.05) is 0 Å². The van der Waals surface area contributed by atoms with E-state index in [1.165, 1.54) is 33.1 Å². The highest BCUT2D eigenvalue weighted by atomic mass is 35.5. The van der Waals surface area contributed by atoms with Crippen molar-refractivity contribution >= 4 is 77.8 Å². The third-order valence-corrected chi connectivity index (χ3v) is 5.59. The first kappa shape index (κ1) is 13.6. The van der Waals surface area contributed by atoms with Crippen LogP contribution in [-0.4, -0.2) is 18.9 Å². The number of hydrogen-bond acceptors (Lipinski definition) is 8. The molecule has 1 heterocycles. The molecule has 0 aliphatic rings. The largest absolute Gasteiger partial charge is 0.286 e. The highest BCUT2D eigenvalue weighted by molar-refractivity contribution is 8.86. The van der Waals surface area contributed by atoms with Crippen LogP contribution in [0.15, 0.2) is 8.74 Å². The molecule has 82 valence electrons. The van der Waals surface area contributed by atoms with Crippen LogP contribution in [0.2, 0.25) is 5.28 Å². The zero-order chi connectivity index (χ0) is 11.3. The van der Waals surface area contributed by atoms with Crippen molar-refractivity contribution in [2.24, 2.45) is 4.40 Å². The van der Waals surface area contributed by atoms with Crippen LogP contribution >= 0.6 is 68.3 Å². The predicted molar refractivity (Wildman–Crippen MR) is 72.6 cm³/mol. The quantitative estimate of drug-likeness (QED) is 0.392. The molecule has 0 saturated carbocycles. The molecule has 0 radical (unpaired) electrons. The van der Waals surface area contributed by atoms with Gasteiger partial charge in [-0.25, -0.2) is 4.40 Å². The Morgan fingerprint density at radius 2 is 2.33 bits per heavy atom. The molecule has 15 heavy (non-hydrogen) atoms. The molecule has 1 N–H and O–H groups in total. The number of nitrogens with one attached hydrogen (secondary N) is 1. The molecule has 0 aromatic carbocycles. The number of aromatic nitrogens is 2. The zero-order valence-corrected chi connectivity index (χ0v) is 12.0. The molecular weight excluding hydrogens is 315 g/mol. The van der Waals surface area contributed by atoms with E-state index in [0.29, 0.717) is 13.9 Å². The van der Waals surface area contributed by atoms with Gasteiger partial charge in [0.15, 0.2) is 8.72 Å². The Bertz CT molecular complexity index is 375. The molecule has 0 atom stereocenters. The van der Waals surface area contributed by atoms with Gasteiger partial charge in [0.2, 0.25) is 5.28 Å². The van der Waals surface area contributed by atoms with Gasteiger partial charge in [0.25, 0.3) is 0 Å². The molecule has 4 nitrogen and oxygen atoms in total. The van der Waals surface area contributed by atoms with E-state index in [2.05, 4.69) is 13.8 Å². The molecule has 1 rings (SSSR count). The molecule has 0 aliphatic carbocycles. The minimum absolute atomic E-state index is 0.233. The zero-order valence-electron chi connectivity index (χ0n) is 7.23. The summed E-state index contributed by atoms with van der Waals surface area (Å²) in [6.45, 7) is 1.66. The molecule has 0 saturated heterocycles. The van der Waals surface area contributed by atoms with Crippen LogP contribution < -0.4 is 0 Å². The Morgan fingerprint density at radius 3 is 2.87 bits per heavy atom. The molecule has 0 spiro atoms. The highest BCUT2D eigenvalue weighted by Crippen LogP contribution is 2.36. The number of rotatable bonds is 3. The first-order chi connectivity index (χ1) is 7.08. The maximum Gasteiger partial charge on any atom is 0.235 e. The van der Waals surface area contributed by atoms with Gasteiger partial charge in [0, 0.05) is 11.9 Å². The van der Waals surface area contributed by atoms with Crippen molar-refractivity contribution in [1.82, 2.24) is 9.36 Å². The molecule has 1 aromatic rings. The Morgan fingerprint density at radius 1 is 1.60 bits per heavy atom. The van der Waals surface area contributed by atoms with Gasteiger partial charge in [-0.1, -0.05) is 11.6 Å². The van der Waals surface area contributed by atoms with E-state index in [4.69, 9.17) is 28.6 Å². The van der Waals surface area contributed by atoms with Crippen molar-refractivity contribution < 1.29 is 0 Å². The molecule has 1 aromatic heterocycles. The molecule has 10 heteroatoms. The van der Waals surface area contributed by atoms with Gasteiger partial charge in [0.05, 0.1) is 0 Å². The van der Waals surface area contributed by atoms with Crippen LogP contribution in [-0.2, 0) is 0 Å². The van der Waals surface area contributed by atoms with Crippen LogP contribution in [0.4, 0.5) is 0 Å². The summed E-state index contributed by atoms with van der Waals surface area (Å²) in [5, 5.41) is 8.15. The molecule has 0 fully saturated rings. The third kappa shape index (κ3) is 5.98. The van der Waals surface area contributed by atoms with E-state index in [1.54, 1.807) is 6.92 Å². The van der Waals surface area contributed by atoms with Crippen molar-refractivity contribution in [3.8, 4) is 0 Å². The second-order valence-electron chi connectivity index (χ2n) is 1.96. The number of nitrogens with zero attached hydrogens (tertiary/aromatic N) is 3. The van der Waals surface area contributed by atoms with Crippen molar-refractivity contribution in [2.45, 2.75) is 11.3 Å². The van der Waals surface area contributed by atoms with Gasteiger partial charge in [-0.2, -0.15) is 9.36 Å². The van der Waals surface area contributed by atoms with Gasteiger partial charge in [-0.05, 0) is 51.6 Å². The van der Waals surface area contributed by atoms with Gasteiger partial charge in [-0.15, -0.1) is 0 Å². The lowest BCUT2D eigenvalue weighted by Gasteiger charge is -1.94. The minimum atomic E-state index is 0.233. The predicted octanol–water partition coefficient (Wildman–Crippen LogP) is 4.17. The Balaban J connectivity index is 2.31. The summed E-state index contributed by atoms with van der Waals surface area (Å²) in [6, 6.07) is 0. The molecule has 0 aliphatic heterocycles. The Labute approximate surface area is 113 Å². The molecular formula is C5H4Cl2N4S4. The average molecular weight is 319 g/mol. The second-order valence-corrected chi connectivity index (χ2v) is 7.02. The maximum absolute atomic E-state index is 7.50. The average Bonchev–Trinajstić information content (AvgIpc) is 2.58. The lowest BCUT2D eigenvalue weighted by molar-refractivity contribution is 1.22. The summed E-state index contributed by atoms with van der Waals surface area (Å²) in [5.41, 5.74) is 0. The molecule has 0 amide bonds. The Hall–Kier alpha value is 0.530. The van der Waals surface area contributed by atoms with E-state index in [9.17, 15) is 0 Å². The lowest BCUT2D eigenvalue weighted by atomic mass is 10.9. The summed E-state index contributed by atoms with van der Waals surface area (Å²) in [7, 11) is 2.55. The monoisotopic (exact) mass is 318 g/mol. The first-order valence-corrected chi connectivity index (χ1v) is 7.82. The van der Waals surface area contributed by atoms with Crippen molar-refractivity contribution in [2.75, 3.05) is 0 Å². The van der Waals surface area contributed by atoms with E-state index in [0.717, 1.165) is 11.9 Å². The van der Waals surface area contributed by atoms with Gasteiger partial charge >= 0.3 is 0 Å². The summed E-state index contributed by atoms with van der Waals surface area (Å²) in [4.78, 5) is 3.93. The van der Waals surface area contributed by atoms with E-state index >= 15 is 0 Å².